The fourth-order valence-electron chi connectivity index (χ4n) is 3.75. The Hall–Kier alpha value is -4.00. The number of pyridine rings is 1. The van der Waals surface area contributed by atoms with Gasteiger partial charge in [0.15, 0.2) is 5.58 Å². The van der Waals surface area contributed by atoms with Crippen molar-refractivity contribution in [2.24, 2.45) is 0 Å². The molecule has 3 aromatic rings. The number of nitrogens with zero attached hydrogens (tertiary/aromatic N) is 4. The molecule has 0 fully saturated rings. The highest BCUT2D eigenvalue weighted by molar-refractivity contribution is 8.54. The van der Waals surface area contributed by atoms with Crippen molar-refractivity contribution in [2.75, 3.05) is 24.1 Å². The summed E-state index contributed by atoms with van der Waals surface area (Å²) in [5, 5.41) is 21.5. The Kier molecular flexibility index (Phi) is 7.48. The molecule has 1 aliphatic rings. The first kappa shape index (κ1) is 25.1. The summed E-state index contributed by atoms with van der Waals surface area (Å²) in [6.45, 7) is 2.26. The molecule has 192 valence electrons. The molecule has 36 heavy (non-hydrogen) atoms. The largest absolute Gasteiger partial charge is 0.493 e. The number of fused-ring (bicyclic) bond motifs is 1. The van der Waals surface area contributed by atoms with Crippen LogP contribution in [-0.4, -0.2) is 61.2 Å². The van der Waals surface area contributed by atoms with E-state index in [0.717, 1.165) is 0 Å². The van der Waals surface area contributed by atoms with Crippen LogP contribution in [0, 0.1) is 0 Å². The Bertz CT molecular complexity index is 1240. The summed E-state index contributed by atoms with van der Waals surface area (Å²) >= 11 is 0. The molecular formula is C23H25FN4O7S. The number of halogens is 1. The highest BCUT2D eigenvalue weighted by Gasteiger charge is 2.53. The molecule has 0 amide bonds. The second-order valence-electron chi connectivity index (χ2n) is 7.65. The molecule has 2 N–H and O–H groups in total. The molecule has 1 unspecified atom stereocenters. The summed E-state index contributed by atoms with van der Waals surface area (Å²) in [4.78, 5) is 28.4. The average molecular weight is 521 g/mol. The average Bonchev–Trinajstić information content (AvgIpc) is 3.45. The van der Waals surface area contributed by atoms with Crippen LogP contribution >= 0.6 is 10.4 Å². The van der Waals surface area contributed by atoms with Crippen LogP contribution in [0.5, 0.6) is 11.6 Å². The van der Waals surface area contributed by atoms with Gasteiger partial charge < -0.3 is 28.5 Å². The van der Waals surface area contributed by atoms with Gasteiger partial charge in [0.05, 0.1) is 24.3 Å². The standard InChI is InChI=1S/C23H25FN4O7S/c1-2-33-21-19-4-3-18(15-20(19)35-26-21)34-14-8-16(24)7-11-27-12-13-28(17-5-9-25-10-6-17)36(27,22(29)30)23(31)32/h3-6,9-10,12-13,15-16H,2,7-8,11,14H2,1H3,(H,29,30)(H,31,32). The molecule has 0 saturated carbocycles. The van der Waals surface area contributed by atoms with Crippen LogP contribution in [0.2, 0.25) is 0 Å². The van der Waals surface area contributed by atoms with Gasteiger partial charge in [-0.15, -0.1) is 0 Å². The van der Waals surface area contributed by atoms with Crippen LogP contribution in [0.25, 0.3) is 11.0 Å². The number of carboxylic acid groups (broad SMARTS) is 2. The van der Waals surface area contributed by atoms with Gasteiger partial charge in [-0.05, 0) is 42.8 Å². The first-order valence-corrected chi connectivity index (χ1v) is 12.7. The van der Waals surface area contributed by atoms with Crippen LogP contribution in [-0.2, 0) is 0 Å². The van der Waals surface area contributed by atoms with E-state index in [1.165, 1.54) is 45.5 Å². The normalized spacial score (nSPS) is 16.2. The Morgan fingerprint density at radius 1 is 1.11 bits per heavy atom. The van der Waals surface area contributed by atoms with Crippen LogP contribution in [0.1, 0.15) is 19.8 Å². The minimum absolute atomic E-state index is 0.0345. The van der Waals surface area contributed by atoms with Crippen molar-refractivity contribution in [3.8, 4) is 11.6 Å². The summed E-state index contributed by atoms with van der Waals surface area (Å²) in [7, 11) is -3.57. The van der Waals surface area contributed by atoms with Crippen molar-refractivity contribution in [1.82, 2.24) is 14.4 Å². The van der Waals surface area contributed by atoms with Crippen molar-refractivity contribution in [2.45, 2.75) is 25.9 Å². The number of benzene rings is 1. The lowest BCUT2D eigenvalue weighted by Gasteiger charge is -2.42. The van der Waals surface area contributed by atoms with Crippen molar-refractivity contribution < 1.29 is 38.2 Å². The molecule has 1 atom stereocenters. The number of rotatable bonds is 10. The minimum Gasteiger partial charge on any atom is -0.493 e. The predicted octanol–water partition coefficient (Wildman–Crippen LogP) is 5.40. The van der Waals surface area contributed by atoms with Crippen molar-refractivity contribution in [3.63, 3.8) is 0 Å². The van der Waals surface area contributed by atoms with Gasteiger partial charge in [-0.1, -0.05) is 0 Å². The lowest BCUT2D eigenvalue weighted by Crippen LogP contribution is -2.40. The smallest absolute Gasteiger partial charge is 0.393 e. The second-order valence-corrected chi connectivity index (χ2v) is 10.3. The number of alkyl halides is 1. The van der Waals surface area contributed by atoms with Crippen molar-refractivity contribution in [3.05, 3.63) is 55.1 Å². The fraction of sp³-hybridized carbons (Fsp3) is 0.304. The van der Waals surface area contributed by atoms with E-state index in [1.54, 1.807) is 18.2 Å². The first-order chi connectivity index (χ1) is 17.4. The van der Waals surface area contributed by atoms with Crippen LogP contribution in [0.3, 0.4) is 0 Å². The maximum atomic E-state index is 14.7. The number of hydrogen-bond donors (Lipinski definition) is 2. The van der Waals surface area contributed by atoms with E-state index >= 15 is 0 Å². The molecule has 0 spiro atoms. The van der Waals surface area contributed by atoms with Crippen molar-refractivity contribution in [1.29, 1.82) is 0 Å². The van der Waals surface area contributed by atoms with E-state index in [2.05, 4.69) is 10.1 Å². The molecular weight excluding hydrogens is 495 g/mol. The van der Waals surface area contributed by atoms with Gasteiger partial charge in [0.1, 0.15) is 22.3 Å². The van der Waals surface area contributed by atoms with E-state index in [9.17, 15) is 24.2 Å². The number of ether oxygens (including phenoxy) is 2. The molecule has 1 aliphatic heterocycles. The third-order valence-corrected chi connectivity index (χ3v) is 8.31. The summed E-state index contributed by atoms with van der Waals surface area (Å²) in [6.07, 6.45) is 4.26. The fourth-order valence-corrected chi connectivity index (χ4v) is 6.12. The SMILES string of the molecule is CCOc1noc2cc(OCCC(F)CCN3C=CN(c4ccncc4)S3(C(=O)O)C(=O)O)ccc12. The zero-order chi connectivity index (χ0) is 25.7. The van der Waals surface area contributed by atoms with Crippen LogP contribution in [0.15, 0.2) is 59.6 Å². The molecule has 0 saturated heterocycles. The Labute approximate surface area is 207 Å². The quantitative estimate of drug-likeness (QED) is 0.355. The maximum Gasteiger partial charge on any atom is 0.393 e. The summed E-state index contributed by atoms with van der Waals surface area (Å²) < 4.78 is 33.3. The number of aromatic nitrogens is 2. The molecule has 1 aromatic carbocycles. The zero-order valence-electron chi connectivity index (χ0n) is 19.3. The topological polar surface area (TPSA) is 138 Å². The Morgan fingerprint density at radius 2 is 1.86 bits per heavy atom. The van der Waals surface area contributed by atoms with Crippen LogP contribution < -0.4 is 13.8 Å². The summed E-state index contributed by atoms with van der Waals surface area (Å²) in [5.41, 5.74) is 0.847. The van der Waals surface area contributed by atoms with E-state index in [1.807, 2.05) is 6.92 Å². The van der Waals surface area contributed by atoms with E-state index in [-0.39, 0.29) is 26.0 Å². The lowest BCUT2D eigenvalue weighted by molar-refractivity contribution is 0.210. The van der Waals surface area contributed by atoms with Gasteiger partial charge in [0.2, 0.25) is 0 Å². The highest BCUT2D eigenvalue weighted by Crippen LogP contribution is 2.61. The van der Waals surface area contributed by atoms with Gasteiger partial charge in [0, 0.05) is 43.8 Å². The number of anilines is 1. The van der Waals surface area contributed by atoms with E-state index in [4.69, 9.17) is 14.0 Å². The number of hydrogen-bond acceptors (Lipinski definition) is 9. The molecule has 4 rings (SSSR count). The predicted molar refractivity (Wildman–Crippen MR) is 131 cm³/mol. The van der Waals surface area contributed by atoms with Crippen molar-refractivity contribution >= 4 is 37.7 Å². The summed E-state index contributed by atoms with van der Waals surface area (Å²) in [5.74, 6) is 0.867. The minimum atomic E-state index is -3.57. The monoisotopic (exact) mass is 520 g/mol. The first-order valence-electron chi connectivity index (χ1n) is 11.1. The molecule has 2 aromatic heterocycles. The lowest BCUT2D eigenvalue weighted by atomic mass is 10.2. The molecule has 11 nitrogen and oxygen atoms in total. The third-order valence-electron chi connectivity index (χ3n) is 5.45. The third kappa shape index (κ3) is 4.73. The molecule has 0 bridgehead atoms. The molecule has 13 heteroatoms. The Balaban J connectivity index is 1.35. The maximum absolute atomic E-state index is 14.7. The molecule has 0 radical (unpaired) electrons. The van der Waals surface area contributed by atoms with Gasteiger partial charge in [-0.25, -0.2) is 14.0 Å². The van der Waals surface area contributed by atoms with Gasteiger partial charge in [0.25, 0.3) is 5.88 Å². The van der Waals surface area contributed by atoms with Gasteiger partial charge in [-0.3, -0.25) is 9.29 Å². The van der Waals surface area contributed by atoms with Crippen LogP contribution in [0.4, 0.5) is 19.7 Å². The van der Waals surface area contributed by atoms with Gasteiger partial charge in [-0.2, -0.15) is 0 Å². The Morgan fingerprint density at radius 3 is 2.56 bits per heavy atom. The second kappa shape index (κ2) is 10.7. The summed E-state index contributed by atoms with van der Waals surface area (Å²) in [6, 6.07) is 8.12. The van der Waals surface area contributed by atoms with E-state index < -0.39 is 27.2 Å². The van der Waals surface area contributed by atoms with E-state index in [0.29, 0.717) is 34.9 Å². The molecule has 3 heterocycles. The molecule has 0 aliphatic carbocycles. The highest BCUT2D eigenvalue weighted by atomic mass is 32.3. The number of carbonyl (C=O) groups is 2. The van der Waals surface area contributed by atoms with Gasteiger partial charge >= 0.3 is 10.6 Å². The zero-order valence-corrected chi connectivity index (χ0v) is 20.1.